The van der Waals surface area contributed by atoms with E-state index in [9.17, 15) is 12.8 Å². The molecule has 4 aromatic rings. The highest BCUT2D eigenvalue weighted by molar-refractivity contribution is 7.92. The lowest BCUT2D eigenvalue weighted by atomic mass is 10.00. The number of nitrogens with one attached hydrogen (secondary N) is 1. The van der Waals surface area contributed by atoms with Gasteiger partial charge in [0.1, 0.15) is 4.90 Å². The lowest BCUT2D eigenvalue weighted by Crippen LogP contribution is -2.15. The van der Waals surface area contributed by atoms with Crippen molar-refractivity contribution in [1.29, 1.82) is 0 Å². The van der Waals surface area contributed by atoms with Crippen LogP contribution in [0.2, 0.25) is 0 Å². The summed E-state index contributed by atoms with van der Waals surface area (Å²) in [5, 5.41) is 3.89. The molecule has 1 N–H and O–H groups in total. The molecule has 0 radical (unpaired) electrons. The van der Waals surface area contributed by atoms with Crippen molar-refractivity contribution in [3.8, 4) is 22.9 Å². The second-order valence-electron chi connectivity index (χ2n) is 7.17. The number of ether oxygens (including phenoxy) is 1. The van der Waals surface area contributed by atoms with Gasteiger partial charge in [0.2, 0.25) is 11.8 Å². The number of anilines is 1. The Morgan fingerprint density at radius 1 is 1.03 bits per heavy atom. The molecular formula is C22H20FN5O3S. The van der Waals surface area contributed by atoms with Crippen LogP contribution < -0.4 is 9.46 Å². The van der Waals surface area contributed by atoms with Gasteiger partial charge >= 0.3 is 0 Å². The van der Waals surface area contributed by atoms with Gasteiger partial charge in [-0.15, -0.1) is 0 Å². The normalized spacial score (nSPS) is 11.4. The van der Waals surface area contributed by atoms with Gasteiger partial charge in [0, 0.05) is 24.9 Å². The van der Waals surface area contributed by atoms with Crippen molar-refractivity contribution in [3.05, 3.63) is 77.9 Å². The minimum Gasteiger partial charge on any atom is -0.436 e. The van der Waals surface area contributed by atoms with Gasteiger partial charge in [0.25, 0.3) is 10.0 Å². The number of benzene rings is 2. The molecule has 8 nitrogen and oxygen atoms in total. The van der Waals surface area contributed by atoms with Crippen LogP contribution in [0.25, 0.3) is 11.3 Å². The van der Waals surface area contributed by atoms with Crippen molar-refractivity contribution in [1.82, 2.24) is 19.7 Å². The average molecular weight is 453 g/mol. The van der Waals surface area contributed by atoms with Gasteiger partial charge in [-0.2, -0.15) is 10.1 Å². The molecule has 0 unspecified atom stereocenters. The molecule has 0 aliphatic rings. The minimum absolute atomic E-state index is 0.00774. The first-order chi connectivity index (χ1) is 15.2. The molecule has 2 aromatic heterocycles. The molecular weight excluding hydrogens is 433 g/mol. The zero-order valence-corrected chi connectivity index (χ0v) is 18.4. The Morgan fingerprint density at radius 3 is 2.41 bits per heavy atom. The number of aromatic nitrogens is 4. The molecule has 2 aromatic carbocycles. The van der Waals surface area contributed by atoms with E-state index in [4.69, 9.17) is 4.74 Å². The number of para-hydroxylation sites is 1. The lowest BCUT2D eigenvalue weighted by molar-refractivity contribution is 0.427. The Labute approximate surface area is 184 Å². The van der Waals surface area contributed by atoms with E-state index < -0.39 is 15.8 Å². The highest BCUT2D eigenvalue weighted by Gasteiger charge is 2.20. The molecule has 0 amide bonds. The summed E-state index contributed by atoms with van der Waals surface area (Å²) in [6.45, 7) is 3.84. The van der Waals surface area contributed by atoms with Crippen LogP contribution >= 0.6 is 0 Å². The first-order valence-corrected chi connectivity index (χ1v) is 11.1. The van der Waals surface area contributed by atoms with Gasteiger partial charge in [-0.1, -0.05) is 30.3 Å². The maximum atomic E-state index is 14.1. The first-order valence-electron chi connectivity index (χ1n) is 9.62. The fourth-order valence-corrected chi connectivity index (χ4v) is 4.15. The van der Waals surface area contributed by atoms with E-state index >= 15 is 0 Å². The van der Waals surface area contributed by atoms with Crippen LogP contribution in [-0.4, -0.2) is 28.2 Å². The van der Waals surface area contributed by atoms with Crippen LogP contribution in [0.4, 0.5) is 10.3 Å². The van der Waals surface area contributed by atoms with Crippen LogP contribution in [0.5, 0.6) is 11.6 Å². The fourth-order valence-electron chi connectivity index (χ4n) is 3.23. The molecule has 0 saturated carbocycles. The smallest absolute Gasteiger partial charge is 0.267 e. The van der Waals surface area contributed by atoms with E-state index in [0.29, 0.717) is 5.69 Å². The predicted octanol–water partition coefficient (Wildman–Crippen LogP) is 4.23. The van der Waals surface area contributed by atoms with Gasteiger partial charge < -0.3 is 4.74 Å². The molecule has 164 valence electrons. The SMILES string of the molecule is Cc1cccc(C)c1-c1cc(Oc2ccccc2F)nc(NS(=O)(=O)c2cnn(C)c2)n1. The standard InChI is InChI=1S/C22H20FN5O3S/c1-14-7-6-8-15(2)21(14)18-11-20(31-19-10-5-4-9-17(19)23)26-22(25-18)27-32(29,30)16-12-24-28(3)13-16/h4-13H,1-3H3,(H,25,26,27). The van der Waals surface area contributed by atoms with Gasteiger partial charge in [0.05, 0.1) is 11.9 Å². The molecule has 32 heavy (non-hydrogen) atoms. The molecule has 0 saturated heterocycles. The quantitative estimate of drug-likeness (QED) is 0.469. The Balaban J connectivity index is 1.81. The molecule has 10 heteroatoms. The number of sulfonamides is 1. The van der Waals surface area contributed by atoms with Crippen molar-refractivity contribution in [2.45, 2.75) is 18.7 Å². The van der Waals surface area contributed by atoms with Crippen molar-refractivity contribution < 1.29 is 17.5 Å². The highest BCUT2D eigenvalue weighted by Crippen LogP contribution is 2.31. The van der Waals surface area contributed by atoms with Gasteiger partial charge in [-0.25, -0.2) is 22.5 Å². The van der Waals surface area contributed by atoms with Crippen molar-refractivity contribution in [3.63, 3.8) is 0 Å². The maximum Gasteiger partial charge on any atom is 0.267 e. The summed E-state index contributed by atoms with van der Waals surface area (Å²) in [6.07, 6.45) is 2.57. The zero-order valence-electron chi connectivity index (χ0n) is 17.6. The summed E-state index contributed by atoms with van der Waals surface area (Å²) in [5.74, 6) is -0.830. The van der Waals surface area contributed by atoms with Crippen LogP contribution in [0.3, 0.4) is 0 Å². The number of aryl methyl sites for hydroxylation is 3. The lowest BCUT2D eigenvalue weighted by Gasteiger charge is -2.13. The van der Waals surface area contributed by atoms with Crippen LogP contribution in [-0.2, 0) is 17.1 Å². The number of nitrogens with zero attached hydrogens (tertiary/aromatic N) is 4. The molecule has 0 aliphatic heterocycles. The Kier molecular flexibility index (Phi) is 5.62. The summed E-state index contributed by atoms with van der Waals surface area (Å²) < 4.78 is 49.1. The Hall–Kier alpha value is -3.79. The van der Waals surface area contributed by atoms with Crippen molar-refractivity contribution in [2.75, 3.05) is 4.72 Å². The van der Waals surface area contributed by atoms with Crippen LogP contribution in [0.15, 0.2) is 65.8 Å². The van der Waals surface area contributed by atoms with E-state index in [1.54, 1.807) is 19.2 Å². The van der Waals surface area contributed by atoms with E-state index in [2.05, 4.69) is 19.8 Å². The molecule has 0 spiro atoms. The third kappa shape index (κ3) is 4.45. The third-order valence-electron chi connectivity index (χ3n) is 4.71. The molecule has 4 rings (SSSR count). The number of hydrogen-bond donors (Lipinski definition) is 1. The summed E-state index contributed by atoms with van der Waals surface area (Å²) in [4.78, 5) is 8.52. The molecule has 0 fully saturated rings. The zero-order chi connectivity index (χ0) is 22.9. The Morgan fingerprint density at radius 2 is 1.75 bits per heavy atom. The van der Waals surface area contributed by atoms with Crippen LogP contribution in [0, 0.1) is 19.7 Å². The molecule has 0 aliphatic carbocycles. The molecule has 0 bridgehead atoms. The van der Waals surface area contributed by atoms with E-state index in [1.165, 1.54) is 35.3 Å². The predicted molar refractivity (Wildman–Crippen MR) is 117 cm³/mol. The molecule has 0 atom stereocenters. The van der Waals surface area contributed by atoms with E-state index in [1.807, 2.05) is 32.0 Å². The van der Waals surface area contributed by atoms with Gasteiger partial charge in [0.15, 0.2) is 11.6 Å². The van der Waals surface area contributed by atoms with Gasteiger partial charge in [-0.3, -0.25) is 4.68 Å². The summed E-state index contributed by atoms with van der Waals surface area (Å²) >= 11 is 0. The maximum absolute atomic E-state index is 14.1. The monoisotopic (exact) mass is 453 g/mol. The largest absolute Gasteiger partial charge is 0.436 e. The van der Waals surface area contributed by atoms with E-state index in [0.717, 1.165) is 16.7 Å². The second-order valence-corrected chi connectivity index (χ2v) is 8.85. The van der Waals surface area contributed by atoms with Crippen molar-refractivity contribution >= 4 is 16.0 Å². The fraction of sp³-hybridized carbons (Fsp3) is 0.136. The van der Waals surface area contributed by atoms with Crippen molar-refractivity contribution in [2.24, 2.45) is 7.05 Å². The number of rotatable bonds is 6. The number of hydrogen-bond acceptors (Lipinski definition) is 6. The highest BCUT2D eigenvalue weighted by atomic mass is 32.2. The first kappa shape index (κ1) is 21.4. The van der Waals surface area contributed by atoms with Gasteiger partial charge in [-0.05, 0) is 37.1 Å². The van der Waals surface area contributed by atoms with Crippen LogP contribution in [0.1, 0.15) is 11.1 Å². The Bertz CT molecular complexity index is 1380. The van der Waals surface area contributed by atoms with E-state index in [-0.39, 0.29) is 22.5 Å². The number of halogens is 1. The summed E-state index contributed by atoms with van der Waals surface area (Å²) in [6, 6.07) is 13.2. The molecule has 2 heterocycles. The summed E-state index contributed by atoms with van der Waals surface area (Å²) in [7, 11) is -2.39. The second kappa shape index (κ2) is 8.39. The average Bonchev–Trinajstić information content (AvgIpc) is 3.17. The summed E-state index contributed by atoms with van der Waals surface area (Å²) in [5.41, 5.74) is 3.10. The third-order valence-corrected chi connectivity index (χ3v) is 5.99. The topological polar surface area (TPSA) is 99.0 Å². The minimum atomic E-state index is -4.00.